The molecule has 0 radical (unpaired) electrons. The van der Waals surface area contributed by atoms with Crippen LogP contribution in [0.25, 0.3) is 10.8 Å². The standard InChI is InChI=1S/C26H27N3O6S/c1-31-17-10-16(11-18(12-17)32-2)27-25(36)28-21-13-33-24-22(14-34-23(21)24)35-26(30)29-20-9-5-7-15-6-3-4-8-19(15)20/h3-12,21-24H,13-14H2,1-2H3,(H,29,30)(H2,27,28,36). The minimum atomic E-state index is -0.551. The van der Waals surface area contributed by atoms with Crippen LogP contribution in [0.2, 0.25) is 0 Å². The number of amides is 1. The van der Waals surface area contributed by atoms with E-state index < -0.39 is 12.2 Å². The molecule has 3 aromatic carbocycles. The van der Waals surface area contributed by atoms with Crippen LogP contribution in [0, 0.1) is 0 Å². The summed E-state index contributed by atoms with van der Waals surface area (Å²) in [5, 5.41) is 11.6. The summed E-state index contributed by atoms with van der Waals surface area (Å²) in [5.74, 6) is 1.29. The van der Waals surface area contributed by atoms with Gasteiger partial charge in [0.15, 0.2) is 11.2 Å². The Morgan fingerprint density at radius 3 is 2.42 bits per heavy atom. The fraction of sp³-hybridized carbons (Fsp3) is 0.308. The Morgan fingerprint density at radius 1 is 0.917 bits per heavy atom. The smallest absolute Gasteiger partial charge is 0.412 e. The molecule has 2 fully saturated rings. The number of anilines is 2. The molecule has 0 aromatic heterocycles. The van der Waals surface area contributed by atoms with Gasteiger partial charge in [0.05, 0.1) is 39.2 Å². The highest BCUT2D eigenvalue weighted by atomic mass is 32.1. The second-order valence-electron chi connectivity index (χ2n) is 8.50. The lowest BCUT2D eigenvalue weighted by molar-refractivity contribution is 0.00881. The topological polar surface area (TPSA) is 99.3 Å². The lowest BCUT2D eigenvalue weighted by Crippen LogP contribution is -2.46. The van der Waals surface area contributed by atoms with Crippen molar-refractivity contribution >= 4 is 45.6 Å². The predicted octanol–water partition coefficient (Wildman–Crippen LogP) is 3.93. The van der Waals surface area contributed by atoms with Gasteiger partial charge in [-0.3, -0.25) is 5.32 Å². The predicted molar refractivity (Wildman–Crippen MR) is 140 cm³/mol. The van der Waals surface area contributed by atoms with Gasteiger partial charge in [0.25, 0.3) is 0 Å². The van der Waals surface area contributed by atoms with Gasteiger partial charge in [0.2, 0.25) is 0 Å². The number of carbonyl (C=O) groups excluding carboxylic acids is 1. The summed E-state index contributed by atoms with van der Waals surface area (Å²) < 4.78 is 28.1. The summed E-state index contributed by atoms with van der Waals surface area (Å²) in [4.78, 5) is 12.7. The van der Waals surface area contributed by atoms with Gasteiger partial charge in [0, 0.05) is 29.3 Å². The van der Waals surface area contributed by atoms with Gasteiger partial charge in [-0.15, -0.1) is 0 Å². The fourth-order valence-electron chi connectivity index (χ4n) is 4.52. The maximum Gasteiger partial charge on any atom is 0.412 e. The van der Waals surface area contributed by atoms with Crippen molar-refractivity contribution < 1.29 is 28.5 Å². The van der Waals surface area contributed by atoms with Crippen molar-refractivity contribution in [3.63, 3.8) is 0 Å². The molecule has 10 heteroatoms. The molecule has 0 bridgehead atoms. The van der Waals surface area contributed by atoms with Gasteiger partial charge in [-0.25, -0.2) is 4.79 Å². The summed E-state index contributed by atoms with van der Waals surface area (Å²) in [7, 11) is 3.17. The molecule has 4 atom stereocenters. The number of thiocarbonyl (C=S) groups is 1. The first-order valence-corrected chi connectivity index (χ1v) is 11.9. The number of nitrogens with one attached hydrogen (secondary N) is 3. The number of hydrogen-bond donors (Lipinski definition) is 3. The number of ether oxygens (including phenoxy) is 5. The van der Waals surface area contributed by atoms with Crippen molar-refractivity contribution in [1.29, 1.82) is 0 Å². The van der Waals surface area contributed by atoms with Crippen LogP contribution in [0.4, 0.5) is 16.2 Å². The van der Waals surface area contributed by atoms with Crippen LogP contribution >= 0.6 is 12.2 Å². The highest BCUT2D eigenvalue weighted by molar-refractivity contribution is 7.80. The Balaban J connectivity index is 1.16. The summed E-state index contributed by atoms with van der Waals surface area (Å²) in [5.41, 5.74) is 1.41. The van der Waals surface area contributed by atoms with E-state index in [1.807, 2.05) is 54.6 Å². The third-order valence-electron chi connectivity index (χ3n) is 6.22. The van der Waals surface area contributed by atoms with E-state index in [4.69, 9.17) is 35.9 Å². The van der Waals surface area contributed by atoms with Crippen LogP contribution in [-0.4, -0.2) is 63.0 Å². The molecule has 36 heavy (non-hydrogen) atoms. The van der Waals surface area contributed by atoms with Crippen LogP contribution in [0.5, 0.6) is 11.5 Å². The molecule has 0 spiro atoms. The van der Waals surface area contributed by atoms with Crippen LogP contribution < -0.4 is 25.4 Å². The zero-order chi connectivity index (χ0) is 25.1. The van der Waals surface area contributed by atoms with Gasteiger partial charge >= 0.3 is 6.09 Å². The minimum absolute atomic E-state index is 0.197. The third kappa shape index (κ3) is 5.15. The first kappa shape index (κ1) is 24.1. The molecule has 3 N–H and O–H groups in total. The summed E-state index contributed by atoms with van der Waals surface area (Å²) >= 11 is 5.49. The molecule has 188 valence electrons. The lowest BCUT2D eigenvalue weighted by Gasteiger charge is -2.20. The lowest BCUT2D eigenvalue weighted by atomic mass is 10.1. The second kappa shape index (κ2) is 10.6. The quantitative estimate of drug-likeness (QED) is 0.427. The first-order valence-electron chi connectivity index (χ1n) is 11.5. The maximum absolute atomic E-state index is 12.7. The number of hydrogen-bond acceptors (Lipinski definition) is 7. The van der Waals surface area contributed by atoms with Gasteiger partial charge in [0.1, 0.15) is 23.7 Å². The molecule has 3 aromatic rings. The van der Waals surface area contributed by atoms with E-state index in [9.17, 15) is 4.79 Å². The zero-order valence-corrected chi connectivity index (χ0v) is 20.7. The summed E-state index contributed by atoms with van der Waals surface area (Å²) in [6, 6.07) is 18.8. The highest BCUT2D eigenvalue weighted by Gasteiger charge is 2.49. The third-order valence-corrected chi connectivity index (χ3v) is 6.44. The van der Waals surface area contributed by atoms with Gasteiger partial charge in [-0.05, 0) is 23.7 Å². The van der Waals surface area contributed by atoms with E-state index >= 15 is 0 Å². The molecular formula is C26H27N3O6S. The number of rotatable bonds is 6. The van der Waals surface area contributed by atoms with Crippen LogP contribution in [0.3, 0.4) is 0 Å². The number of fused-ring (bicyclic) bond motifs is 2. The second-order valence-corrected chi connectivity index (χ2v) is 8.91. The van der Waals surface area contributed by atoms with E-state index in [-0.39, 0.29) is 24.9 Å². The molecule has 2 aliphatic heterocycles. The fourth-order valence-corrected chi connectivity index (χ4v) is 4.78. The van der Waals surface area contributed by atoms with E-state index in [1.54, 1.807) is 20.3 Å². The van der Waals surface area contributed by atoms with Gasteiger partial charge < -0.3 is 34.3 Å². The molecule has 2 saturated heterocycles. The van der Waals surface area contributed by atoms with Crippen molar-refractivity contribution in [2.24, 2.45) is 0 Å². The number of methoxy groups -OCH3 is 2. The maximum atomic E-state index is 12.7. The average Bonchev–Trinajstić information content (AvgIpc) is 3.47. The first-order chi connectivity index (χ1) is 17.5. The summed E-state index contributed by atoms with van der Waals surface area (Å²) in [6.45, 7) is 0.604. The van der Waals surface area contributed by atoms with Crippen LogP contribution in [0.1, 0.15) is 0 Å². The molecule has 2 heterocycles. The Kier molecular flexibility index (Phi) is 7.08. The number of carbonyl (C=O) groups is 1. The molecule has 0 saturated carbocycles. The largest absolute Gasteiger partial charge is 0.497 e. The SMILES string of the molecule is COc1cc(NC(=S)NC2COC3C(OC(=O)Nc4cccc5ccccc45)COC23)cc(OC)c1. The molecular weight excluding hydrogens is 482 g/mol. The van der Waals surface area contributed by atoms with E-state index in [0.29, 0.717) is 28.9 Å². The molecule has 4 unspecified atom stereocenters. The van der Waals surface area contributed by atoms with E-state index in [1.165, 1.54) is 0 Å². The Labute approximate surface area is 214 Å². The van der Waals surface area contributed by atoms with Crippen molar-refractivity contribution in [2.75, 3.05) is 38.1 Å². The van der Waals surface area contributed by atoms with Crippen LogP contribution in [-0.2, 0) is 14.2 Å². The Bertz CT molecular complexity index is 1240. The van der Waals surface area contributed by atoms with Crippen molar-refractivity contribution in [3.05, 3.63) is 60.7 Å². The number of benzene rings is 3. The Hall–Kier alpha value is -3.60. The minimum Gasteiger partial charge on any atom is -0.497 e. The molecule has 2 aliphatic rings. The van der Waals surface area contributed by atoms with Crippen molar-refractivity contribution in [3.8, 4) is 11.5 Å². The van der Waals surface area contributed by atoms with E-state index in [0.717, 1.165) is 16.5 Å². The average molecular weight is 510 g/mol. The Morgan fingerprint density at radius 2 is 1.64 bits per heavy atom. The van der Waals surface area contributed by atoms with Gasteiger partial charge in [-0.1, -0.05) is 36.4 Å². The molecule has 9 nitrogen and oxygen atoms in total. The van der Waals surface area contributed by atoms with Crippen LogP contribution in [0.15, 0.2) is 60.7 Å². The monoisotopic (exact) mass is 509 g/mol. The highest BCUT2D eigenvalue weighted by Crippen LogP contribution is 2.30. The molecule has 0 aliphatic carbocycles. The van der Waals surface area contributed by atoms with Gasteiger partial charge in [-0.2, -0.15) is 0 Å². The van der Waals surface area contributed by atoms with Crippen molar-refractivity contribution in [2.45, 2.75) is 24.4 Å². The van der Waals surface area contributed by atoms with Crippen molar-refractivity contribution in [1.82, 2.24) is 5.32 Å². The molecule has 5 rings (SSSR count). The van der Waals surface area contributed by atoms with E-state index in [2.05, 4.69) is 16.0 Å². The zero-order valence-electron chi connectivity index (χ0n) is 19.9. The molecule has 1 amide bonds. The normalized spacial score (nSPS) is 22.5. The summed E-state index contributed by atoms with van der Waals surface area (Å²) in [6.07, 6.45) is -1.77.